The van der Waals surface area contributed by atoms with Crippen LogP contribution in [0, 0.1) is 20.8 Å². The topological polar surface area (TPSA) is 71.7 Å². The molecule has 0 aliphatic carbocycles. The second-order valence-corrected chi connectivity index (χ2v) is 8.46. The second kappa shape index (κ2) is 8.61. The van der Waals surface area contributed by atoms with Crippen molar-refractivity contribution in [2.75, 3.05) is 44.3 Å². The quantitative estimate of drug-likeness (QED) is 0.614. The summed E-state index contributed by atoms with van der Waals surface area (Å²) in [7, 11) is 0. The number of thiazole rings is 1. The van der Waals surface area contributed by atoms with Gasteiger partial charge in [-0.05, 0) is 44.4 Å². The zero-order valence-corrected chi connectivity index (χ0v) is 17.9. The number of nitrogens with zero attached hydrogens (tertiary/aromatic N) is 4. The van der Waals surface area contributed by atoms with Gasteiger partial charge in [0.25, 0.3) is 5.91 Å². The fourth-order valence-corrected chi connectivity index (χ4v) is 4.54. The van der Waals surface area contributed by atoms with Crippen molar-refractivity contribution in [3.8, 4) is 0 Å². The van der Waals surface area contributed by atoms with Crippen LogP contribution in [-0.4, -0.2) is 60.3 Å². The van der Waals surface area contributed by atoms with Crippen molar-refractivity contribution >= 4 is 32.6 Å². The van der Waals surface area contributed by atoms with Crippen LogP contribution in [0.15, 0.2) is 22.7 Å². The van der Waals surface area contributed by atoms with E-state index < -0.39 is 0 Å². The number of morpholine rings is 1. The minimum absolute atomic E-state index is 0.194. The van der Waals surface area contributed by atoms with Gasteiger partial charge in [-0.3, -0.25) is 14.6 Å². The molecule has 1 saturated heterocycles. The number of aryl methyl sites for hydroxylation is 3. The second-order valence-electron chi connectivity index (χ2n) is 7.45. The number of anilines is 1. The number of rotatable bonds is 6. The smallest absolute Gasteiger partial charge is 0.298 e. The Balaban J connectivity index is 1.58. The predicted octanol–water partition coefficient (Wildman–Crippen LogP) is 3.58. The van der Waals surface area contributed by atoms with E-state index in [1.165, 1.54) is 5.56 Å². The molecule has 1 aliphatic rings. The first-order valence-electron chi connectivity index (χ1n) is 9.95. The van der Waals surface area contributed by atoms with Crippen LogP contribution in [0.2, 0.25) is 0 Å². The van der Waals surface area contributed by atoms with Gasteiger partial charge in [-0.2, -0.15) is 0 Å². The number of carbonyl (C=O) groups is 1. The van der Waals surface area contributed by atoms with Crippen LogP contribution < -0.4 is 4.90 Å². The summed E-state index contributed by atoms with van der Waals surface area (Å²) in [5, 5.41) is 4.58. The van der Waals surface area contributed by atoms with Crippen molar-refractivity contribution in [1.29, 1.82) is 0 Å². The number of carbonyl (C=O) groups excluding carboxylic acids is 1. The monoisotopic (exact) mass is 414 g/mol. The molecule has 1 fully saturated rings. The lowest BCUT2D eigenvalue weighted by atomic mass is 10.1. The number of amides is 1. The maximum Gasteiger partial charge on any atom is 0.298 e. The first-order chi connectivity index (χ1) is 14.0. The molecule has 0 unspecified atom stereocenters. The molecule has 0 saturated carbocycles. The minimum Gasteiger partial charge on any atom is -0.379 e. The van der Waals surface area contributed by atoms with Crippen LogP contribution in [-0.2, 0) is 4.74 Å². The SMILES string of the molecule is Cc1cc(C(=O)N(CCCN2CCOCC2)c2nc3c(C)c(C)ccc3s2)on1. The summed E-state index contributed by atoms with van der Waals surface area (Å²) < 4.78 is 11.8. The summed E-state index contributed by atoms with van der Waals surface area (Å²) in [6.07, 6.45) is 0.854. The van der Waals surface area contributed by atoms with E-state index >= 15 is 0 Å². The zero-order chi connectivity index (χ0) is 20.4. The van der Waals surface area contributed by atoms with Crippen LogP contribution in [0.3, 0.4) is 0 Å². The lowest BCUT2D eigenvalue weighted by Crippen LogP contribution is -2.39. The van der Waals surface area contributed by atoms with Crippen molar-refractivity contribution < 1.29 is 14.1 Å². The maximum absolute atomic E-state index is 13.2. The Morgan fingerprint density at radius 3 is 2.76 bits per heavy atom. The Morgan fingerprint density at radius 1 is 1.24 bits per heavy atom. The highest BCUT2D eigenvalue weighted by atomic mass is 32.1. The van der Waals surface area contributed by atoms with Gasteiger partial charge in [0.15, 0.2) is 5.13 Å². The van der Waals surface area contributed by atoms with Gasteiger partial charge in [0.2, 0.25) is 5.76 Å². The first-order valence-corrected chi connectivity index (χ1v) is 10.8. The number of aromatic nitrogens is 2. The molecule has 29 heavy (non-hydrogen) atoms. The van der Waals surface area contributed by atoms with Gasteiger partial charge < -0.3 is 9.26 Å². The van der Waals surface area contributed by atoms with E-state index in [0.717, 1.165) is 55.0 Å². The Bertz CT molecular complexity index is 1010. The maximum atomic E-state index is 13.2. The highest BCUT2D eigenvalue weighted by molar-refractivity contribution is 7.22. The van der Waals surface area contributed by atoms with Crippen LogP contribution in [0.1, 0.15) is 33.8 Å². The largest absolute Gasteiger partial charge is 0.379 e. The Labute approximate surface area is 174 Å². The van der Waals surface area contributed by atoms with E-state index in [4.69, 9.17) is 14.2 Å². The standard InChI is InChI=1S/C21H26N4O3S/c1-14-5-6-18-19(16(14)3)22-21(29-18)25(20(26)17-13-15(2)23-28-17)8-4-7-24-9-11-27-12-10-24/h5-6,13H,4,7-12H2,1-3H3. The van der Waals surface area contributed by atoms with Crippen LogP contribution >= 0.6 is 11.3 Å². The Kier molecular flexibility index (Phi) is 5.94. The summed E-state index contributed by atoms with van der Waals surface area (Å²) in [6.45, 7) is 10.9. The van der Waals surface area contributed by atoms with E-state index in [-0.39, 0.29) is 11.7 Å². The summed E-state index contributed by atoms with van der Waals surface area (Å²) in [5.41, 5.74) is 4.01. The third-order valence-corrected chi connectivity index (χ3v) is 6.39. The lowest BCUT2D eigenvalue weighted by molar-refractivity contribution is 0.0376. The average Bonchev–Trinajstić information content (AvgIpc) is 3.35. The van der Waals surface area contributed by atoms with Gasteiger partial charge in [-0.1, -0.05) is 22.6 Å². The molecule has 2 aromatic heterocycles. The molecule has 1 amide bonds. The molecule has 8 heteroatoms. The Hall–Kier alpha value is -2.29. The van der Waals surface area contributed by atoms with Gasteiger partial charge in [0, 0.05) is 32.2 Å². The molecule has 1 aliphatic heterocycles. The highest BCUT2D eigenvalue weighted by Crippen LogP contribution is 2.32. The van der Waals surface area contributed by atoms with E-state index in [1.54, 1.807) is 22.3 Å². The molecular weight excluding hydrogens is 388 g/mol. The first kappa shape index (κ1) is 20.0. The van der Waals surface area contributed by atoms with Crippen LogP contribution in [0.25, 0.3) is 10.2 Å². The van der Waals surface area contributed by atoms with Gasteiger partial charge in [-0.15, -0.1) is 0 Å². The van der Waals surface area contributed by atoms with Crippen molar-refractivity contribution in [1.82, 2.24) is 15.0 Å². The third-order valence-electron chi connectivity index (χ3n) is 5.35. The van der Waals surface area contributed by atoms with Crippen molar-refractivity contribution in [2.45, 2.75) is 27.2 Å². The summed E-state index contributed by atoms with van der Waals surface area (Å²) in [6, 6.07) is 5.86. The molecule has 4 rings (SSSR count). The van der Waals surface area contributed by atoms with E-state index in [1.807, 2.05) is 6.92 Å². The minimum atomic E-state index is -0.194. The van der Waals surface area contributed by atoms with E-state index in [2.05, 4.69) is 36.0 Å². The summed E-state index contributed by atoms with van der Waals surface area (Å²) in [4.78, 5) is 22.1. The predicted molar refractivity (Wildman–Crippen MR) is 114 cm³/mol. The van der Waals surface area contributed by atoms with Crippen LogP contribution in [0.4, 0.5) is 5.13 Å². The molecule has 0 atom stereocenters. The number of fused-ring (bicyclic) bond motifs is 1. The molecule has 154 valence electrons. The molecular formula is C21H26N4O3S. The van der Waals surface area contributed by atoms with Gasteiger partial charge >= 0.3 is 0 Å². The fourth-order valence-electron chi connectivity index (χ4n) is 3.49. The summed E-state index contributed by atoms with van der Waals surface area (Å²) >= 11 is 1.54. The molecule has 0 spiro atoms. The zero-order valence-electron chi connectivity index (χ0n) is 17.1. The Morgan fingerprint density at radius 2 is 2.03 bits per heavy atom. The fraction of sp³-hybridized carbons (Fsp3) is 0.476. The number of hydrogen-bond acceptors (Lipinski definition) is 7. The molecule has 3 heterocycles. The molecule has 7 nitrogen and oxygen atoms in total. The third kappa shape index (κ3) is 4.34. The number of hydrogen-bond donors (Lipinski definition) is 0. The number of benzene rings is 1. The normalized spacial score (nSPS) is 15.1. The average molecular weight is 415 g/mol. The van der Waals surface area contributed by atoms with Gasteiger partial charge in [-0.25, -0.2) is 4.98 Å². The van der Waals surface area contributed by atoms with E-state index in [9.17, 15) is 4.79 Å². The molecule has 1 aromatic carbocycles. The molecule has 0 bridgehead atoms. The number of ether oxygens (including phenoxy) is 1. The van der Waals surface area contributed by atoms with Crippen molar-refractivity contribution in [3.05, 3.63) is 40.8 Å². The van der Waals surface area contributed by atoms with E-state index in [0.29, 0.717) is 17.4 Å². The molecule has 3 aromatic rings. The molecule has 0 N–H and O–H groups in total. The molecule has 0 radical (unpaired) electrons. The van der Waals surface area contributed by atoms with Gasteiger partial charge in [0.1, 0.15) is 0 Å². The van der Waals surface area contributed by atoms with Crippen LogP contribution in [0.5, 0.6) is 0 Å². The summed E-state index contributed by atoms with van der Waals surface area (Å²) in [5.74, 6) is 0.0574. The van der Waals surface area contributed by atoms with Crippen molar-refractivity contribution in [3.63, 3.8) is 0 Å². The van der Waals surface area contributed by atoms with Gasteiger partial charge in [0.05, 0.1) is 29.1 Å². The highest BCUT2D eigenvalue weighted by Gasteiger charge is 2.25. The van der Waals surface area contributed by atoms with Crippen molar-refractivity contribution in [2.24, 2.45) is 0 Å². The lowest BCUT2D eigenvalue weighted by Gasteiger charge is -2.27.